The Labute approximate surface area is 258 Å². The van der Waals surface area contributed by atoms with Crippen LogP contribution in [0.1, 0.15) is 18.5 Å². The zero-order chi connectivity index (χ0) is 27.6. The molecule has 1 nitrogen and oxygen atoms in total. The summed E-state index contributed by atoms with van der Waals surface area (Å²) in [7, 11) is 1.00. The third kappa shape index (κ3) is 7.81. The van der Waals surface area contributed by atoms with Gasteiger partial charge in [-0.15, -0.1) is 5.30 Å². The van der Waals surface area contributed by atoms with Crippen LogP contribution >= 0.6 is 16.0 Å². The molecule has 6 rings (SSSR count). The fraction of sp³-hybridized carbons (Fsp3) is 0.0811. The summed E-state index contributed by atoms with van der Waals surface area (Å²) < 4.78 is 2.59. The molecule has 0 saturated carbocycles. The van der Waals surface area contributed by atoms with E-state index in [1.54, 1.807) is 0 Å². The first-order valence-corrected chi connectivity index (χ1v) is 16.3. The van der Waals surface area contributed by atoms with Crippen LogP contribution in [0, 0.1) is 0 Å². The van der Waals surface area contributed by atoms with Crippen molar-refractivity contribution in [1.29, 1.82) is 0 Å². The van der Waals surface area contributed by atoms with Gasteiger partial charge in [-0.3, -0.25) is 4.67 Å². The van der Waals surface area contributed by atoms with Crippen molar-refractivity contribution in [2.24, 2.45) is 0 Å². The van der Waals surface area contributed by atoms with Crippen LogP contribution in [0.4, 0.5) is 0 Å². The van der Waals surface area contributed by atoms with Gasteiger partial charge in [-0.2, -0.15) is 35.9 Å². The van der Waals surface area contributed by atoms with Crippen LogP contribution in [0.15, 0.2) is 170 Å². The topological polar surface area (TPSA) is 3.24 Å². The maximum atomic E-state index is 2.59. The van der Waals surface area contributed by atoms with Gasteiger partial charge >= 0.3 is 17.1 Å². The molecular formula is C37H35FeNP2. The van der Waals surface area contributed by atoms with Crippen molar-refractivity contribution in [1.82, 2.24) is 4.67 Å². The molecule has 0 aliphatic rings. The van der Waals surface area contributed by atoms with Crippen LogP contribution in [-0.2, 0) is 17.1 Å². The van der Waals surface area contributed by atoms with Gasteiger partial charge in [0.05, 0.1) is 0 Å². The van der Waals surface area contributed by atoms with Crippen molar-refractivity contribution in [3.05, 3.63) is 175 Å². The Kier molecular flexibility index (Phi) is 11.9. The third-order valence-electron chi connectivity index (χ3n) is 6.98. The van der Waals surface area contributed by atoms with Gasteiger partial charge in [-0.05, 0) is 42.2 Å². The number of hydrogen-bond acceptors (Lipinski definition) is 1. The maximum absolute atomic E-state index is 2.59. The Hall–Kier alpha value is -3.08. The second kappa shape index (κ2) is 15.8. The quantitative estimate of drug-likeness (QED) is 0.0974. The molecule has 6 aromatic carbocycles. The second-order valence-electron chi connectivity index (χ2n) is 9.57. The average Bonchev–Trinajstić information content (AvgIpc) is 3.76. The summed E-state index contributed by atoms with van der Waals surface area (Å²) in [5, 5.41) is 7.00. The Balaban J connectivity index is 0.000000584. The molecule has 206 valence electrons. The average molecular weight is 611 g/mol. The molecule has 0 heterocycles. The number of benzene rings is 4. The summed E-state index contributed by atoms with van der Waals surface area (Å²) in [6, 6.07) is 61.1. The minimum absolute atomic E-state index is 0. The first kappa shape index (κ1) is 30.9. The molecule has 0 saturated heterocycles. The van der Waals surface area contributed by atoms with Crippen LogP contribution in [0.2, 0.25) is 0 Å². The van der Waals surface area contributed by atoms with E-state index in [-0.39, 0.29) is 23.1 Å². The van der Waals surface area contributed by atoms with Crippen molar-refractivity contribution in [3.63, 3.8) is 0 Å². The zero-order valence-corrected chi connectivity index (χ0v) is 26.3. The smallest absolute Gasteiger partial charge is 0.283 e. The van der Waals surface area contributed by atoms with E-state index in [0.29, 0.717) is 0 Å². The minimum Gasteiger partial charge on any atom is -0.283 e. The predicted octanol–water partition coefficient (Wildman–Crippen LogP) is 7.61. The van der Waals surface area contributed by atoms with Crippen LogP contribution in [0.5, 0.6) is 0 Å². The fourth-order valence-corrected chi connectivity index (χ4v) is 9.87. The van der Waals surface area contributed by atoms with E-state index in [2.05, 4.69) is 158 Å². The Morgan fingerprint density at radius 2 is 0.951 bits per heavy atom. The molecule has 1 atom stereocenters. The molecule has 41 heavy (non-hydrogen) atoms. The van der Waals surface area contributed by atoms with E-state index in [1.807, 2.05) is 30.3 Å². The number of hydrogen-bond donors (Lipinski definition) is 0. The molecule has 0 spiro atoms. The minimum atomic E-state index is -0.656. The van der Waals surface area contributed by atoms with Crippen molar-refractivity contribution >= 4 is 42.5 Å². The summed E-state index contributed by atoms with van der Waals surface area (Å²) in [6.07, 6.45) is 0. The maximum Gasteiger partial charge on any atom is 2.00 e. The van der Waals surface area contributed by atoms with E-state index >= 15 is 0 Å². The van der Waals surface area contributed by atoms with Crippen LogP contribution in [0.25, 0.3) is 0 Å². The van der Waals surface area contributed by atoms with E-state index < -0.39 is 16.0 Å². The molecule has 0 N–H and O–H groups in total. The molecule has 4 heteroatoms. The van der Waals surface area contributed by atoms with Gasteiger partial charge in [-0.25, -0.2) is 18.2 Å². The van der Waals surface area contributed by atoms with E-state index in [9.17, 15) is 0 Å². The third-order valence-corrected chi connectivity index (χ3v) is 12.0. The Bertz CT molecular complexity index is 1420. The van der Waals surface area contributed by atoms with Crippen molar-refractivity contribution < 1.29 is 17.1 Å². The molecule has 0 aliphatic heterocycles. The van der Waals surface area contributed by atoms with Crippen LogP contribution in [-0.4, -0.2) is 11.7 Å². The first-order chi connectivity index (χ1) is 19.7. The summed E-state index contributed by atoms with van der Waals surface area (Å²) in [5.41, 5.74) is 1.42. The standard InChI is InChI=1S/C32H30NP2.C5H5.Fe/c1-26(33(2)35(29-20-11-5-12-21-29)30-22-13-6-14-23-30)31-24-15-25-32(31)34(27-16-7-3-8-17-27)28-18-9-4-10-19-28;1-2-4-5-3-1;/h3-26H,1-2H3;1-5H;/q2*-1;+2/t26-;;/m1../s1. The normalized spacial score (nSPS) is 11.5. The van der Waals surface area contributed by atoms with Crippen LogP contribution < -0.4 is 26.5 Å². The Morgan fingerprint density at radius 3 is 1.34 bits per heavy atom. The number of nitrogens with zero attached hydrogens (tertiary/aromatic N) is 1. The van der Waals surface area contributed by atoms with Crippen molar-refractivity contribution in [2.45, 2.75) is 13.0 Å². The van der Waals surface area contributed by atoms with E-state index in [4.69, 9.17) is 0 Å². The van der Waals surface area contributed by atoms with Gasteiger partial charge in [0, 0.05) is 8.07 Å². The second-order valence-corrected chi connectivity index (χ2v) is 14.0. The molecule has 0 bridgehead atoms. The van der Waals surface area contributed by atoms with Crippen molar-refractivity contribution in [3.8, 4) is 0 Å². The molecule has 0 fully saturated rings. The van der Waals surface area contributed by atoms with Gasteiger partial charge in [0.2, 0.25) is 0 Å². The van der Waals surface area contributed by atoms with Gasteiger partial charge in [0.1, 0.15) is 0 Å². The van der Waals surface area contributed by atoms with E-state index in [1.165, 1.54) is 32.1 Å². The SMILES string of the molecule is C[C@H](c1cc[cH-]c1P(c1ccccc1)c1ccccc1)N(C)P(c1ccccc1)c1ccccc1.[Fe+2].c1cc[cH-]c1. The van der Waals surface area contributed by atoms with E-state index in [0.717, 1.165) is 0 Å². The molecular weight excluding hydrogens is 576 g/mol. The molecule has 0 amide bonds. The summed E-state index contributed by atoms with van der Waals surface area (Å²) in [5.74, 6) is 0. The largest absolute Gasteiger partial charge is 2.00 e. The first-order valence-electron chi connectivity index (χ1n) is 13.7. The van der Waals surface area contributed by atoms with Gasteiger partial charge in [0.25, 0.3) is 0 Å². The van der Waals surface area contributed by atoms with Crippen LogP contribution in [0.3, 0.4) is 0 Å². The monoisotopic (exact) mass is 611 g/mol. The van der Waals surface area contributed by atoms with Gasteiger partial charge in [-0.1, -0.05) is 128 Å². The molecule has 0 aliphatic carbocycles. The van der Waals surface area contributed by atoms with Gasteiger partial charge < -0.3 is 0 Å². The fourth-order valence-electron chi connectivity index (χ4n) is 4.91. The Morgan fingerprint density at radius 1 is 0.537 bits per heavy atom. The molecule has 6 aromatic rings. The summed E-state index contributed by atoms with van der Waals surface area (Å²) >= 11 is 0. The summed E-state index contributed by atoms with van der Waals surface area (Å²) in [4.78, 5) is 0. The van der Waals surface area contributed by atoms with Crippen molar-refractivity contribution in [2.75, 3.05) is 7.05 Å². The van der Waals surface area contributed by atoms with Gasteiger partial charge in [0.15, 0.2) is 0 Å². The molecule has 0 unspecified atom stereocenters. The summed E-state index contributed by atoms with van der Waals surface area (Å²) in [6.45, 7) is 2.36. The molecule has 0 aromatic heterocycles. The predicted molar refractivity (Wildman–Crippen MR) is 178 cm³/mol. The number of rotatable bonds is 8. The zero-order valence-electron chi connectivity index (χ0n) is 23.4. The molecule has 0 radical (unpaired) electrons.